The molecule has 152 valence electrons. The van der Waals surface area contributed by atoms with Gasteiger partial charge in [0, 0.05) is 0 Å². The fraction of sp³-hybridized carbons (Fsp3) is 0.280. The van der Waals surface area contributed by atoms with Gasteiger partial charge in [0.1, 0.15) is 28.7 Å². The highest BCUT2D eigenvalue weighted by Gasteiger charge is 2.61. The van der Waals surface area contributed by atoms with Gasteiger partial charge in [0.15, 0.2) is 0 Å². The largest absolute Gasteiger partial charge is 0.457 e. The van der Waals surface area contributed by atoms with E-state index in [1.54, 1.807) is 0 Å². The first kappa shape index (κ1) is 18.8. The fourth-order valence-electron chi connectivity index (χ4n) is 4.14. The molecule has 0 aliphatic carbocycles. The summed E-state index contributed by atoms with van der Waals surface area (Å²) in [6.07, 6.45) is 0. The standard InChI is InChI=1S/C25H25N3O2/c1-24(2,3)25(17-29-25)23(28-22-15-8-7-14-21(22)26-27-28)18-10-9-13-20(16-18)30-19-11-5-4-6-12-19/h4-16,23H,17H2,1-3H3/t23-,25+/m1/s1. The maximum absolute atomic E-state index is 6.18. The van der Waals surface area contributed by atoms with Gasteiger partial charge in [-0.05, 0) is 47.4 Å². The summed E-state index contributed by atoms with van der Waals surface area (Å²) in [5, 5.41) is 8.96. The lowest BCUT2D eigenvalue weighted by molar-refractivity contribution is 0.108. The molecule has 1 aliphatic heterocycles. The van der Waals surface area contributed by atoms with E-state index in [2.05, 4.69) is 49.3 Å². The number of fused-ring (bicyclic) bond motifs is 1. The highest BCUT2D eigenvalue weighted by molar-refractivity contribution is 5.74. The Morgan fingerprint density at radius 1 is 0.933 bits per heavy atom. The SMILES string of the molecule is CC(C)(C)[C@@]1([C@@H](c2cccc(Oc3ccccc3)c2)n2nnc3ccccc32)CO1. The number of hydrogen-bond donors (Lipinski definition) is 0. The first-order valence-electron chi connectivity index (χ1n) is 10.2. The predicted octanol–water partition coefficient (Wildman–Crippen LogP) is 5.63. The molecular formula is C25H25N3O2. The lowest BCUT2D eigenvalue weighted by atomic mass is 9.74. The van der Waals surface area contributed by atoms with Crippen molar-refractivity contribution in [3.05, 3.63) is 84.4 Å². The third-order valence-corrected chi connectivity index (χ3v) is 5.94. The van der Waals surface area contributed by atoms with Crippen molar-refractivity contribution >= 4 is 11.0 Å². The van der Waals surface area contributed by atoms with Crippen molar-refractivity contribution in [2.24, 2.45) is 5.41 Å². The monoisotopic (exact) mass is 399 g/mol. The number of ether oxygens (including phenoxy) is 2. The molecule has 1 aliphatic rings. The quantitative estimate of drug-likeness (QED) is 0.408. The lowest BCUT2D eigenvalue weighted by Gasteiger charge is -2.35. The second-order valence-corrected chi connectivity index (χ2v) is 8.84. The molecule has 0 saturated carbocycles. The Morgan fingerprint density at radius 3 is 2.37 bits per heavy atom. The van der Waals surface area contributed by atoms with Gasteiger partial charge in [0.2, 0.25) is 0 Å². The Hall–Kier alpha value is -3.18. The van der Waals surface area contributed by atoms with Crippen LogP contribution in [0.3, 0.4) is 0 Å². The maximum atomic E-state index is 6.18. The maximum Gasteiger partial charge on any atom is 0.127 e. The zero-order valence-corrected chi connectivity index (χ0v) is 17.4. The van der Waals surface area contributed by atoms with Crippen molar-refractivity contribution in [1.82, 2.24) is 15.0 Å². The van der Waals surface area contributed by atoms with Crippen molar-refractivity contribution in [1.29, 1.82) is 0 Å². The number of hydrogen-bond acceptors (Lipinski definition) is 4. The molecule has 3 aromatic carbocycles. The molecule has 0 radical (unpaired) electrons. The zero-order chi connectivity index (χ0) is 20.8. The number of nitrogens with zero attached hydrogens (tertiary/aromatic N) is 3. The summed E-state index contributed by atoms with van der Waals surface area (Å²) >= 11 is 0. The lowest BCUT2D eigenvalue weighted by Crippen LogP contribution is -2.40. The fourth-order valence-corrected chi connectivity index (χ4v) is 4.14. The molecule has 2 heterocycles. The van der Waals surface area contributed by atoms with E-state index < -0.39 is 0 Å². The Kier molecular flexibility index (Phi) is 4.36. The molecule has 0 bridgehead atoms. The number of aromatic nitrogens is 3. The summed E-state index contributed by atoms with van der Waals surface area (Å²) < 4.78 is 14.3. The van der Waals surface area contributed by atoms with E-state index in [0.29, 0.717) is 6.61 Å². The van der Waals surface area contributed by atoms with Crippen LogP contribution in [0.4, 0.5) is 0 Å². The Balaban J connectivity index is 1.62. The van der Waals surface area contributed by atoms with Gasteiger partial charge in [-0.2, -0.15) is 0 Å². The third kappa shape index (κ3) is 3.15. The number of rotatable bonds is 5. The second-order valence-electron chi connectivity index (χ2n) is 8.84. The van der Waals surface area contributed by atoms with Gasteiger partial charge >= 0.3 is 0 Å². The first-order chi connectivity index (χ1) is 14.5. The molecule has 5 rings (SSSR count). The Bertz CT molecular complexity index is 1170. The first-order valence-corrected chi connectivity index (χ1v) is 10.2. The minimum atomic E-state index is -0.366. The van der Waals surface area contributed by atoms with Crippen LogP contribution in [-0.4, -0.2) is 27.2 Å². The molecule has 5 heteroatoms. The molecule has 0 spiro atoms. The van der Waals surface area contributed by atoms with E-state index in [0.717, 1.165) is 28.1 Å². The molecule has 1 aromatic heterocycles. The Morgan fingerprint density at radius 2 is 1.63 bits per heavy atom. The van der Waals surface area contributed by atoms with E-state index in [1.807, 2.05) is 65.3 Å². The summed E-state index contributed by atoms with van der Waals surface area (Å²) in [6, 6.07) is 26.0. The van der Waals surface area contributed by atoms with E-state index in [1.165, 1.54) is 0 Å². The second kappa shape index (κ2) is 6.96. The van der Waals surface area contributed by atoms with Crippen LogP contribution in [0.25, 0.3) is 11.0 Å². The topological polar surface area (TPSA) is 52.5 Å². The van der Waals surface area contributed by atoms with Crippen LogP contribution in [-0.2, 0) is 4.74 Å². The molecule has 30 heavy (non-hydrogen) atoms. The number of para-hydroxylation sites is 2. The van der Waals surface area contributed by atoms with Crippen LogP contribution in [0.5, 0.6) is 11.5 Å². The molecule has 2 atom stereocenters. The predicted molar refractivity (Wildman–Crippen MR) is 117 cm³/mol. The van der Waals surface area contributed by atoms with E-state index in [-0.39, 0.29) is 17.1 Å². The van der Waals surface area contributed by atoms with Gasteiger partial charge in [-0.25, -0.2) is 4.68 Å². The van der Waals surface area contributed by atoms with Gasteiger partial charge < -0.3 is 9.47 Å². The average molecular weight is 399 g/mol. The van der Waals surface area contributed by atoms with Crippen molar-refractivity contribution in [3.8, 4) is 11.5 Å². The van der Waals surface area contributed by atoms with Crippen LogP contribution >= 0.6 is 0 Å². The number of epoxide rings is 1. The summed E-state index contributed by atoms with van der Waals surface area (Å²) in [5.74, 6) is 1.60. The molecule has 4 aromatic rings. The molecule has 0 unspecified atom stereocenters. The zero-order valence-electron chi connectivity index (χ0n) is 17.4. The van der Waals surface area contributed by atoms with Crippen LogP contribution in [0.15, 0.2) is 78.9 Å². The summed E-state index contributed by atoms with van der Waals surface area (Å²) in [6.45, 7) is 7.34. The average Bonchev–Trinajstić information content (AvgIpc) is 3.44. The molecule has 0 N–H and O–H groups in total. The van der Waals surface area contributed by atoms with Crippen LogP contribution in [0, 0.1) is 5.41 Å². The van der Waals surface area contributed by atoms with Crippen molar-refractivity contribution < 1.29 is 9.47 Å². The van der Waals surface area contributed by atoms with Gasteiger partial charge in [0.25, 0.3) is 0 Å². The van der Waals surface area contributed by atoms with Crippen LogP contribution < -0.4 is 4.74 Å². The summed E-state index contributed by atoms with van der Waals surface area (Å²) in [4.78, 5) is 0. The van der Waals surface area contributed by atoms with E-state index in [4.69, 9.17) is 9.47 Å². The van der Waals surface area contributed by atoms with Crippen molar-refractivity contribution in [2.45, 2.75) is 32.4 Å². The molecule has 0 amide bonds. The van der Waals surface area contributed by atoms with Crippen LogP contribution in [0.1, 0.15) is 32.4 Å². The highest BCUT2D eigenvalue weighted by atomic mass is 16.6. The van der Waals surface area contributed by atoms with Gasteiger partial charge in [0.05, 0.1) is 12.1 Å². The van der Waals surface area contributed by atoms with Gasteiger partial charge in [-0.15, -0.1) is 5.10 Å². The van der Waals surface area contributed by atoms with Crippen molar-refractivity contribution in [2.75, 3.05) is 6.61 Å². The van der Waals surface area contributed by atoms with Gasteiger partial charge in [-0.3, -0.25) is 0 Å². The van der Waals surface area contributed by atoms with E-state index >= 15 is 0 Å². The van der Waals surface area contributed by atoms with Crippen LogP contribution in [0.2, 0.25) is 0 Å². The minimum absolute atomic E-state index is 0.0823. The molecule has 1 saturated heterocycles. The summed E-state index contributed by atoms with van der Waals surface area (Å²) in [5.41, 5.74) is 2.52. The smallest absolute Gasteiger partial charge is 0.127 e. The van der Waals surface area contributed by atoms with Crippen molar-refractivity contribution in [3.63, 3.8) is 0 Å². The molecular weight excluding hydrogens is 374 g/mol. The summed E-state index contributed by atoms with van der Waals surface area (Å²) in [7, 11) is 0. The van der Waals surface area contributed by atoms with E-state index in [9.17, 15) is 0 Å². The Labute approximate surface area is 176 Å². The normalized spacial score (nSPS) is 19.6. The molecule has 1 fully saturated rings. The highest BCUT2D eigenvalue weighted by Crippen LogP contribution is 2.54. The molecule has 5 nitrogen and oxygen atoms in total. The number of benzene rings is 3. The third-order valence-electron chi connectivity index (χ3n) is 5.94. The van der Waals surface area contributed by atoms with Gasteiger partial charge in [-0.1, -0.05) is 68.4 Å². The minimum Gasteiger partial charge on any atom is -0.457 e.